The maximum absolute atomic E-state index is 13.1. The second-order valence-corrected chi connectivity index (χ2v) is 8.34. The number of nitrogens with zero attached hydrogens (tertiary/aromatic N) is 2. The van der Waals surface area contributed by atoms with E-state index in [1.165, 1.54) is 21.9 Å². The Morgan fingerprint density at radius 3 is 2.45 bits per heavy atom. The van der Waals surface area contributed by atoms with Gasteiger partial charge in [0.25, 0.3) is 0 Å². The summed E-state index contributed by atoms with van der Waals surface area (Å²) in [5.41, 5.74) is 4.78. The smallest absolute Gasteiger partial charge is 0.205 e. The van der Waals surface area contributed by atoms with Crippen molar-refractivity contribution in [2.24, 2.45) is 0 Å². The molecule has 31 heavy (non-hydrogen) atoms. The van der Waals surface area contributed by atoms with Gasteiger partial charge in [0.2, 0.25) is 5.78 Å². The van der Waals surface area contributed by atoms with Gasteiger partial charge in [0.1, 0.15) is 5.69 Å². The number of ketones is 1. The number of hydrogen-bond donors (Lipinski definition) is 0. The van der Waals surface area contributed by atoms with E-state index in [4.69, 9.17) is 0 Å². The zero-order valence-corrected chi connectivity index (χ0v) is 17.7. The van der Waals surface area contributed by atoms with Gasteiger partial charge in [-0.25, -0.2) is 0 Å². The minimum atomic E-state index is -0.350. The van der Waals surface area contributed by atoms with Crippen molar-refractivity contribution in [2.75, 3.05) is 11.9 Å². The molecule has 0 saturated heterocycles. The number of benzene rings is 3. The summed E-state index contributed by atoms with van der Waals surface area (Å²) in [5, 5.41) is 2.45. The van der Waals surface area contributed by atoms with E-state index < -0.39 is 0 Å². The fraction of sp³-hybridized carbons (Fsp3) is 0.143. The number of likely N-dealkylation sites (N-methyl/N-ethyl adjacent to an activating group) is 1. The fourth-order valence-electron chi connectivity index (χ4n) is 4.89. The molecule has 0 N–H and O–H groups in total. The summed E-state index contributed by atoms with van der Waals surface area (Å²) in [5.74, 6) is -0.0705. The van der Waals surface area contributed by atoms with Gasteiger partial charge in [-0.15, -0.1) is 0 Å². The largest absolute Gasteiger partial charge is 0.347 e. The zero-order valence-electron chi connectivity index (χ0n) is 17.7. The molecule has 0 spiro atoms. The zero-order chi connectivity index (χ0) is 21.4. The molecule has 3 nitrogen and oxygen atoms in total. The van der Waals surface area contributed by atoms with E-state index in [-0.39, 0.29) is 11.2 Å². The van der Waals surface area contributed by atoms with E-state index in [2.05, 4.69) is 84.5 Å². The van der Waals surface area contributed by atoms with Crippen molar-refractivity contribution in [2.45, 2.75) is 18.8 Å². The molecule has 1 atom stereocenters. The number of pyridine rings is 1. The van der Waals surface area contributed by atoms with Crippen molar-refractivity contribution in [3.8, 4) is 0 Å². The lowest BCUT2D eigenvalue weighted by molar-refractivity contribution is 0.104. The van der Waals surface area contributed by atoms with E-state index >= 15 is 0 Å². The molecular weight excluding hydrogens is 380 g/mol. The third kappa shape index (κ3) is 3.23. The van der Waals surface area contributed by atoms with Gasteiger partial charge in [0.05, 0.1) is 0 Å². The summed E-state index contributed by atoms with van der Waals surface area (Å²) < 4.78 is 0. The molecule has 3 heteroatoms. The normalized spacial score (nSPS) is 19.0. The van der Waals surface area contributed by atoms with Crippen LogP contribution in [-0.2, 0) is 11.8 Å². The molecule has 1 aromatic heterocycles. The maximum atomic E-state index is 13.1. The van der Waals surface area contributed by atoms with Gasteiger partial charge in [-0.3, -0.25) is 9.78 Å². The van der Waals surface area contributed by atoms with Crippen molar-refractivity contribution in [1.82, 2.24) is 4.98 Å². The summed E-state index contributed by atoms with van der Waals surface area (Å²) in [7, 11) is 2.06. The molecule has 0 amide bonds. The minimum Gasteiger partial charge on any atom is -0.347 e. The molecule has 0 bridgehead atoms. The van der Waals surface area contributed by atoms with Crippen LogP contribution in [0.3, 0.4) is 0 Å². The first-order valence-corrected chi connectivity index (χ1v) is 10.6. The van der Waals surface area contributed by atoms with Crippen LogP contribution < -0.4 is 4.90 Å². The first-order valence-electron chi connectivity index (χ1n) is 10.6. The van der Waals surface area contributed by atoms with Crippen molar-refractivity contribution in [1.29, 1.82) is 0 Å². The van der Waals surface area contributed by atoms with Crippen LogP contribution >= 0.6 is 0 Å². The Kier molecular flexibility index (Phi) is 4.67. The molecule has 0 radical (unpaired) electrons. The van der Waals surface area contributed by atoms with Crippen molar-refractivity contribution in [3.05, 3.63) is 120 Å². The van der Waals surface area contributed by atoms with Crippen molar-refractivity contribution < 1.29 is 4.79 Å². The first kappa shape index (κ1) is 19.3. The highest BCUT2D eigenvalue weighted by atomic mass is 16.1. The molecule has 1 aliphatic rings. The molecule has 3 aromatic carbocycles. The van der Waals surface area contributed by atoms with Crippen LogP contribution in [0.2, 0.25) is 0 Å². The fourth-order valence-corrected chi connectivity index (χ4v) is 4.89. The molecule has 0 saturated carbocycles. The lowest BCUT2D eigenvalue weighted by Gasteiger charge is -2.29. The Labute approximate surface area is 182 Å². The Bertz CT molecular complexity index is 1290. The molecular formula is C28H24N2O. The SMILES string of the molecule is CN1/C(=C\C(=O)c2ccccn2)C(C)(Cc2ccccc2)c2c1ccc1ccccc21. The lowest BCUT2D eigenvalue weighted by Crippen LogP contribution is -2.29. The maximum Gasteiger partial charge on any atom is 0.205 e. The lowest BCUT2D eigenvalue weighted by atomic mass is 9.74. The average Bonchev–Trinajstić information content (AvgIpc) is 3.02. The summed E-state index contributed by atoms with van der Waals surface area (Å²) in [4.78, 5) is 19.6. The Balaban J connectivity index is 1.72. The van der Waals surface area contributed by atoms with E-state index in [1.807, 2.05) is 18.2 Å². The summed E-state index contributed by atoms with van der Waals surface area (Å²) in [6.45, 7) is 2.26. The molecule has 4 aromatic rings. The number of fused-ring (bicyclic) bond motifs is 3. The number of rotatable bonds is 4. The van der Waals surface area contributed by atoms with Crippen LogP contribution in [0.15, 0.2) is 103 Å². The number of allylic oxidation sites excluding steroid dienone is 2. The number of anilines is 1. The van der Waals surface area contributed by atoms with Gasteiger partial charge >= 0.3 is 0 Å². The number of carbonyl (C=O) groups excluding carboxylic acids is 1. The molecule has 0 aliphatic carbocycles. The van der Waals surface area contributed by atoms with Crippen molar-refractivity contribution >= 4 is 22.2 Å². The van der Waals surface area contributed by atoms with E-state index in [0.29, 0.717) is 5.69 Å². The summed E-state index contributed by atoms with van der Waals surface area (Å²) in [6, 6.07) is 28.8. The van der Waals surface area contributed by atoms with Gasteiger partial charge in [0.15, 0.2) is 0 Å². The van der Waals surface area contributed by atoms with Crippen LogP contribution in [0.4, 0.5) is 5.69 Å². The topological polar surface area (TPSA) is 33.2 Å². The number of carbonyl (C=O) groups is 1. The van der Waals surface area contributed by atoms with Gasteiger partial charge in [-0.1, -0.05) is 66.7 Å². The Morgan fingerprint density at radius 2 is 1.68 bits per heavy atom. The third-order valence-corrected chi connectivity index (χ3v) is 6.33. The van der Waals surface area contributed by atoms with E-state index in [9.17, 15) is 4.79 Å². The highest BCUT2D eigenvalue weighted by Gasteiger charge is 2.44. The van der Waals surface area contributed by atoms with E-state index in [0.717, 1.165) is 17.8 Å². The van der Waals surface area contributed by atoms with Gasteiger partial charge in [-0.2, -0.15) is 0 Å². The molecule has 152 valence electrons. The predicted molar refractivity (Wildman–Crippen MR) is 126 cm³/mol. The molecule has 0 fully saturated rings. The highest BCUT2D eigenvalue weighted by Crippen LogP contribution is 2.51. The number of aromatic nitrogens is 1. The van der Waals surface area contributed by atoms with Gasteiger partial charge in [0, 0.05) is 36.1 Å². The van der Waals surface area contributed by atoms with Crippen LogP contribution in [0.25, 0.3) is 10.8 Å². The van der Waals surface area contributed by atoms with E-state index in [1.54, 1.807) is 18.3 Å². The minimum absolute atomic E-state index is 0.0705. The molecule has 2 heterocycles. The standard InChI is InChI=1S/C28H24N2O/c1-28(19-20-10-4-3-5-11-20)26(18-25(31)23-14-8-9-17-29-23)30(2)24-16-15-21-12-6-7-13-22(21)27(24)28/h3-18H,19H2,1-2H3/b26-18-. The van der Waals surface area contributed by atoms with Crippen LogP contribution in [0.1, 0.15) is 28.5 Å². The monoisotopic (exact) mass is 404 g/mol. The molecule has 5 rings (SSSR count). The first-order chi connectivity index (χ1) is 15.1. The van der Waals surface area contributed by atoms with Crippen LogP contribution in [-0.4, -0.2) is 17.8 Å². The predicted octanol–water partition coefficient (Wildman–Crippen LogP) is 5.95. The summed E-state index contributed by atoms with van der Waals surface area (Å²) in [6.07, 6.45) is 4.25. The van der Waals surface area contributed by atoms with Crippen LogP contribution in [0, 0.1) is 0 Å². The summed E-state index contributed by atoms with van der Waals surface area (Å²) >= 11 is 0. The van der Waals surface area contributed by atoms with Gasteiger partial charge < -0.3 is 4.90 Å². The Morgan fingerprint density at radius 1 is 0.935 bits per heavy atom. The van der Waals surface area contributed by atoms with Gasteiger partial charge in [-0.05, 0) is 53.4 Å². The second kappa shape index (κ2) is 7.51. The quantitative estimate of drug-likeness (QED) is 0.311. The highest BCUT2D eigenvalue weighted by molar-refractivity contribution is 6.05. The van der Waals surface area contributed by atoms with Crippen molar-refractivity contribution in [3.63, 3.8) is 0 Å². The molecule has 1 aliphatic heterocycles. The Hall–Kier alpha value is -3.72. The second-order valence-electron chi connectivity index (χ2n) is 8.34. The number of hydrogen-bond acceptors (Lipinski definition) is 3. The molecule has 1 unspecified atom stereocenters. The van der Waals surface area contributed by atoms with Crippen LogP contribution in [0.5, 0.6) is 0 Å². The third-order valence-electron chi connectivity index (χ3n) is 6.33. The average molecular weight is 405 g/mol.